The summed E-state index contributed by atoms with van der Waals surface area (Å²) in [5.41, 5.74) is 1.33. The Kier molecular flexibility index (Phi) is 3.46. The third-order valence-electron chi connectivity index (χ3n) is 2.92. The predicted molar refractivity (Wildman–Crippen MR) is 80.9 cm³/mol. The Bertz CT molecular complexity index is 915. The third kappa shape index (κ3) is 2.53. The van der Waals surface area contributed by atoms with Gasteiger partial charge in [0.2, 0.25) is 0 Å². The molecule has 3 heterocycles. The van der Waals surface area contributed by atoms with Gasteiger partial charge in [-0.15, -0.1) is 0 Å². The zero-order valence-electron chi connectivity index (χ0n) is 12.6. The number of ether oxygens (including phenoxy) is 1. The highest BCUT2D eigenvalue weighted by atomic mass is 32.1. The molecule has 9 heteroatoms. The fourth-order valence-corrected chi connectivity index (χ4v) is 2.31. The van der Waals surface area contributed by atoms with E-state index in [1.54, 1.807) is 23.7 Å². The SMILES string of the molecule is [3H]c1csc(OCc2c(-n3nnn(C)c3=O)ccnc2C=C)n1. The summed E-state index contributed by atoms with van der Waals surface area (Å²) in [6, 6.07) is 1.65. The van der Waals surface area contributed by atoms with Crippen LogP contribution in [0.25, 0.3) is 11.8 Å². The smallest absolute Gasteiger partial charge is 0.368 e. The number of aromatic nitrogens is 6. The standard InChI is InChI=1S/C13H12N6O2S/c1-3-10-9(8-21-12-15-6-7-22-12)11(4-5-14-10)19-13(20)18(2)16-17-19/h3-7H,1,8H2,2H3/i6T. The third-order valence-corrected chi connectivity index (χ3v) is 3.55. The molecule has 0 bridgehead atoms. The molecule has 3 aromatic rings. The second kappa shape index (κ2) is 5.90. The molecule has 3 aromatic heterocycles. The van der Waals surface area contributed by atoms with Gasteiger partial charge in [0.1, 0.15) is 6.61 Å². The lowest BCUT2D eigenvalue weighted by molar-refractivity contribution is 0.303. The summed E-state index contributed by atoms with van der Waals surface area (Å²) in [5.74, 6) is 0. The van der Waals surface area contributed by atoms with E-state index in [0.29, 0.717) is 22.1 Å². The summed E-state index contributed by atoms with van der Waals surface area (Å²) in [5, 5.41) is 9.48. The maximum atomic E-state index is 12.1. The van der Waals surface area contributed by atoms with Gasteiger partial charge >= 0.3 is 5.69 Å². The fourth-order valence-electron chi connectivity index (χ4n) is 1.87. The minimum atomic E-state index is -0.379. The molecule has 0 fully saturated rings. The van der Waals surface area contributed by atoms with E-state index in [1.807, 2.05) is 0 Å². The molecule has 3 rings (SSSR count). The molecular weight excluding hydrogens is 304 g/mol. The maximum Gasteiger partial charge on any atom is 0.368 e. The first-order valence-corrected chi connectivity index (χ1v) is 7.12. The van der Waals surface area contributed by atoms with Crippen molar-refractivity contribution in [2.45, 2.75) is 6.61 Å². The monoisotopic (exact) mass is 318 g/mol. The second-order valence-corrected chi connectivity index (χ2v) is 5.05. The van der Waals surface area contributed by atoms with E-state index in [9.17, 15) is 4.79 Å². The summed E-state index contributed by atoms with van der Waals surface area (Å²) in [7, 11) is 1.52. The Labute approximate surface area is 130 Å². The molecular formula is C13H12N6O2S. The van der Waals surface area contributed by atoms with Gasteiger partial charge in [0.05, 0.1) is 12.8 Å². The van der Waals surface area contributed by atoms with Gasteiger partial charge < -0.3 is 4.74 Å². The van der Waals surface area contributed by atoms with Crippen LogP contribution < -0.4 is 10.4 Å². The molecule has 8 nitrogen and oxygen atoms in total. The van der Waals surface area contributed by atoms with Crippen molar-refractivity contribution in [2.75, 3.05) is 0 Å². The van der Waals surface area contributed by atoms with Crippen LogP contribution in [0.2, 0.25) is 0 Å². The zero-order chi connectivity index (χ0) is 16.4. The van der Waals surface area contributed by atoms with E-state index in [2.05, 4.69) is 27.0 Å². The summed E-state index contributed by atoms with van der Waals surface area (Å²) >= 11 is 1.22. The minimum Gasteiger partial charge on any atom is -0.465 e. The Morgan fingerprint density at radius 1 is 1.50 bits per heavy atom. The van der Waals surface area contributed by atoms with Crippen LogP contribution >= 0.6 is 11.3 Å². The highest BCUT2D eigenvalue weighted by Gasteiger charge is 2.15. The van der Waals surface area contributed by atoms with Gasteiger partial charge in [0.25, 0.3) is 5.19 Å². The largest absolute Gasteiger partial charge is 0.465 e. The van der Waals surface area contributed by atoms with Crippen LogP contribution in [-0.2, 0) is 13.7 Å². The quantitative estimate of drug-likeness (QED) is 0.698. The van der Waals surface area contributed by atoms with Gasteiger partial charge in [-0.25, -0.2) is 9.78 Å². The molecule has 0 radical (unpaired) electrons. The van der Waals surface area contributed by atoms with Crippen molar-refractivity contribution in [3.8, 4) is 10.9 Å². The molecule has 0 unspecified atom stereocenters. The number of aryl methyl sites for hydroxylation is 1. The van der Waals surface area contributed by atoms with Crippen LogP contribution in [0.5, 0.6) is 5.19 Å². The van der Waals surface area contributed by atoms with Crippen LogP contribution in [0.15, 0.2) is 35.2 Å². The second-order valence-electron chi connectivity index (χ2n) is 4.23. The Morgan fingerprint density at radius 2 is 2.36 bits per heavy atom. The lowest BCUT2D eigenvalue weighted by atomic mass is 10.1. The van der Waals surface area contributed by atoms with E-state index >= 15 is 0 Å². The first kappa shape index (κ1) is 12.9. The van der Waals surface area contributed by atoms with Crippen molar-refractivity contribution in [3.05, 3.63) is 52.1 Å². The number of rotatable bonds is 5. The molecule has 0 aliphatic carbocycles. The number of tetrazole rings is 1. The molecule has 0 atom stereocenters. The van der Waals surface area contributed by atoms with E-state index in [0.717, 1.165) is 4.68 Å². The lowest BCUT2D eigenvalue weighted by Crippen LogP contribution is -2.23. The van der Waals surface area contributed by atoms with Gasteiger partial charge in [-0.3, -0.25) is 4.98 Å². The van der Waals surface area contributed by atoms with Gasteiger partial charge in [-0.1, -0.05) is 17.9 Å². The summed E-state index contributed by atoms with van der Waals surface area (Å²) in [4.78, 5) is 20.2. The van der Waals surface area contributed by atoms with Gasteiger partial charge in [-0.2, -0.15) is 9.36 Å². The average Bonchev–Trinajstić information content (AvgIpc) is 3.11. The van der Waals surface area contributed by atoms with Crippen molar-refractivity contribution in [2.24, 2.45) is 7.05 Å². The van der Waals surface area contributed by atoms with E-state index in [1.165, 1.54) is 23.1 Å². The molecule has 0 saturated heterocycles. The van der Waals surface area contributed by atoms with Gasteiger partial charge in [-0.05, 0) is 22.6 Å². The van der Waals surface area contributed by atoms with Crippen LogP contribution in [0.3, 0.4) is 0 Å². The Morgan fingerprint density at radius 3 is 3.00 bits per heavy atom. The van der Waals surface area contributed by atoms with E-state index in [4.69, 9.17) is 6.11 Å². The molecule has 0 spiro atoms. The molecule has 0 N–H and O–H groups in total. The maximum absolute atomic E-state index is 12.1. The van der Waals surface area contributed by atoms with E-state index in [-0.39, 0.29) is 18.5 Å². The zero-order valence-corrected chi connectivity index (χ0v) is 12.4. The number of thiazole rings is 1. The molecule has 0 aromatic carbocycles. The number of pyridine rings is 1. The van der Waals surface area contributed by atoms with Gasteiger partial charge in [0, 0.05) is 30.4 Å². The average molecular weight is 318 g/mol. The van der Waals surface area contributed by atoms with Crippen molar-refractivity contribution in [1.29, 1.82) is 0 Å². The number of hydrogen-bond acceptors (Lipinski definition) is 7. The fraction of sp³-hybridized carbons (Fsp3) is 0.154. The predicted octanol–water partition coefficient (Wildman–Crippen LogP) is 1.04. The Hall–Kier alpha value is -2.81. The summed E-state index contributed by atoms with van der Waals surface area (Å²) < 4.78 is 15.3. The molecule has 0 aliphatic rings. The van der Waals surface area contributed by atoms with E-state index < -0.39 is 0 Å². The molecule has 0 aliphatic heterocycles. The molecule has 0 saturated carbocycles. The van der Waals surface area contributed by atoms with Crippen LogP contribution in [0, 0.1) is 0 Å². The van der Waals surface area contributed by atoms with Crippen molar-refractivity contribution < 1.29 is 6.11 Å². The van der Waals surface area contributed by atoms with Crippen LogP contribution in [-0.4, -0.2) is 29.8 Å². The van der Waals surface area contributed by atoms with Gasteiger partial charge in [0.15, 0.2) is 0 Å². The number of hydrogen-bond donors (Lipinski definition) is 0. The summed E-state index contributed by atoms with van der Waals surface area (Å²) in [6.45, 7) is 3.84. The first-order valence-electron chi connectivity index (χ1n) is 6.74. The minimum absolute atomic E-state index is 0.112. The van der Waals surface area contributed by atoms with Crippen LogP contribution in [0.4, 0.5) is 0 Å². The molecule has 0 amide bonds. The summed E-state index contributed by atoms with van der Waals surface area (Å²) in [6.07, 6.45) is 3.27. The highest BCUT2D eigenvalue weighted by molar-refractivity contribution is 7.11. The number of nitrogens with zero attached hydrogens (tertiary/aromatic N) is 6. The first-order chi connectivity index (χ1) is 11.1. The van der Waals surface area contributed by atoms with Crippen molar-refractivity contribution in [1.82, 2.24) is 29.8 Å². The lowest BCUT2D eigenvalue weighted by Gasteiger charge is -2.10. The van der Waals surface area contributed by atoms with Crippen molar-refractivity contribution in [3.63, 3.8) is 0 Å². The van der Waals surface area contributed by atoms with Crippen molar-refractivity contribution >= 4 is 17.4 Å². The Balaban J connectivity index is 2.01. The van der Waals surface area contributed by atoms with Crippen LogP contribution in [0.1, 0.15) is 12.6 Å². The highest BCUT2D eigenvalue weighted by Crippen LogP contribution is 2.21. The normalized spacial score (nSPS) is 11.2. The topological polar surface area (TPSA) is 87.7 Å². The molecule has 112 valence electrons. The molecule has 22 heavy (non-hydrogen) atoms.